The third kappa shape index (κ3) is 7.11. The number of ether oxygens (including phenoxy) is 2. The fourth-order valence-electron chi connectivity index (χ4n) is 3.33. The summed E-state index contributed by atoms with van der Waals surface area (Å²) in [5.41, 5.74) is 0.623. The molecule has 0 atom stereocenters. The monoisotopic (exact) mass is 511 g/mol. The number of methoxy groups -OCH3 is 2. The van der Waals surface area contributed by atoms with Crippen molar-refractivity contribution in [2.75, 3.05) is 40.4 Å². The number of rotatable bonds is 7. The number of hydrogen-bond donors (Lipinski definition) is 2. The first-order valence-corrected chi connectivity index (χ1v) is 11.6. The molecule has 0 radical (unpaired) electrons. The highest BCUT2D eigenvalue weighted by Gasteiger charge is 2.33. The highest BCUT2D eigenvalue weighted by Crippen LogP contribution is 2.29. The molecule has 0 bridgehead atoms. The number of carbonyl (C=O) groups is 2. The van der Waals surface area contributed by atoms with E-state index in [1.165, 1.54) is 28.6 Å². The first kappa shape index (κ1) is 27.5. The minimum Gasteiger partial charge on any atom is -0.493 e. The van der Waals surface area contributed by atoms with Gasteiger partial charge in [0.05, 0.1) is 19.1 Å². The Morgan fingerprint density at radius 3 is 2.06 bits per heavy atom. The molecule has 3 rings (SSSR count). The van der Waals surface area contributed by atoms with Gasteiger partial charge >= 0.3 is 11.9 Å². The van der Waals surface area contributed by atoms with Gasteiger partial charge < -0.3 is 19.7 Å². The molecule has 0 spiro atoms. The molecule has 190 valence electrons. The molecule has 1 heterocycles. The van der Waals surface area contributed by atoms with Crippen molar-refractivity contribution in [2.24, 2.45) is 0 Å². The van der Waals surface area contributed by atoms with Crippen LogP contribution in [0.1, 0.15) is 5.56 Å². The van der Waals surface area contributed by atoms with Crippen LogP contribution in [0.3, 0.4) is 0 Å². The standard InChI is InChI=1S/C19H23N3O6S.C2H2O4/c1-27-17-8-7-15(13-18(17)28-2)14-20-9-11-21(12-10-20)29(25,26)19-6-4-3-5-16(19)22(23)24;3-1(4)2(5)6/h3-8,13H,9-12,14H2,1-2H3;(H,3,4)(H,5,6). The number of aliphatic carboxylic acids is 2. The Morgan fingerprint density at radius 1 is 0.971 bits per heavy atom. The van der Waals surface area contributed by atoms with Crippen molar-refractivity contribution in [3.63, 3.8) is 0 Å². The Labute approximate surface area is 201 Å². The summed E-state index contributed by atoms with van der Waals surface area (Å²) in [5, 5.41) is 26.0. The van der Waals surface area contributed by atoms with E-state index >= 15 is 0 Å². The fraction of sp³-hybridized carbons (Fsp3) is 0.333. The zero-order valence-corrected chi connectivity index (χ0v) is 19.8. The summed E-state index contributed by atoms with van der Waals surface area (Å²) in [6.07, 6.45) is 0. The van der Waals surface area contributed by atoms with Gasteiger partial charge in [-0.3, -0.25) is 15.0 Å². The van der Waals surface area contributed by atoms with Gasteiger partial charge in [-0.1, -0.05) is 18.2 Å². The molecule has 13 nitrogen and oxygen atoms in total. The fourth-order valence-corrected chi connectivity index (χ4v) is 4.91. The van der Waals surface area contributed by atoms with Gasteiger partial charge in [0.2, 0.25) is 10.0 Å². The second-order valence-corrected chi connectivity index (χ2v) is 9.11. The summed E-state index contributed by atoms with van der Waals surface area (Å²) in [6.45, 7) is 2.21. The normalized spacial score (nSPS) is 14.3. The summed E-state index contributed by atoms with van der Waals surface area (Å²) >= 11 is 0. The first-order chi connectivity index (χ1) is 16.5. The molecular weight excluding hydrogens is 486 g/mol. The van der Waals surface area contributed by atoms with Crippen molar-refractivity contribution < 1.29 is 42.6 Å². The predicted molar refractivity (Wildman–Crippen MR) is 122 cm³/mol. The minimum absolute atomic E-state index is 0.265. The van der Waals surface area contributed by atoms with Gasteiger partial charge in [0.1, 0.15) is 0 Å². The maximum absolute atomic E-state index is 12.9. The van der Waals surface area contributed by atoms with E-state index in [-0.39, 0.29) is 18.0 Å². The summed E-state index contributed by atoms with van der Waals surface area (Å²) in [6, 6.07) is 11.1. The van der Waals surface area contributed by atoms with Crippen LogP contribution in [-0.4, -0.2) is 85.1 Å². The number of para-hydroxylation sites is 1. The Morgan fingerprint density at radius 2 is 1.54 bits per heavy atom. The Hall–Kier alpha value is -3.75. The topological polar surface area (TPSA) is 177 Å². The zero-order chi connectivity index (χ0) is 26.2. The van der Waals surface area contributed by atoms with Gasteiger partial charge in [0.25, 0.3) is 5.69 Å². The van der Waals surface area contributed by atoms with Crippen LogP contribution in [0.4, 0.5) is 5.69 Å². The van der Waals surface area contributed by atoms with Crippen molar-refractivity contribution in [3.8, 4) is 11.5 Å². The molecule has 1 aliphatic heterocycles. The first-order valence-electron chi connectivity index (χ1n) is 10.1. The second kappa shape index (κ2) is 12.1. The van der Waals surface area contributed by atoms with Crippen molar-refractivity contribution in [2.45, 2.75) is 11.4 Å². The molecule has 0 saturated carbocycles. The van der Waals surface area contributed by atoms with Crippen LogP contribution >= 0.6 is 0 Å². The number of hydrogen-bond acceptors (Lipinski definition) is 9. The van der Waals surface area contributed by atoms with E-state index in [4.69, 9.17) is 29.3 Å². The lowest BCUT2D eigenvalue weighted by Crippen LogP contribution is -2.48. The van der Waals surface area contributed by atoms with E-state index < -0.39 is 32.6 Å². The molecule has 0 amide bonds. The van der Waals surface area contributed by atoms with E-state index in [0.717, 1.165) is 5.56 Å². The molecular formula is C21H25N3O10S. The number of carboxylic acids is 2. The molecule has 1 aliphatic rings. The summed E-state index contributed by atoms with van der Waals surface area (Å²) in [4.78, 5) is 30.6. The average Bonchev–Trinajstić information content (AvgIpc) is 2.84. The highest BCUT2D eigenvalue weighted by atomic mass is 32.2. The smallest absolute Gasteiger partial charge is 0.414 e. The van der Waals surface area contributed by atoms with Crippen LogP contribution in [0, 0.1) is 10.1 Å². The number of piperazine rings is 1. The summed E-state index contributed by atoms with van der Waals surface area (Å²) in [7, 11) is -0.770. The number of nitro benzene ring substituents is 1. The summed E-state index contributed by atoms with van der Waals surface area (Å²) in [5.74, 6) is -2.36. The zero-order valence-electron chi connectivity index (χ0n) is 19.0. The molecule has 0 aromatic heterocycles. The van der Waals surface area contributed by atoms with Crippen molar-refractivity contribution in [1.29, 1.82) is 0 Å². The number of carboxylic acid groups (broad SMARTS) is 2. The Bertz CT molecular complexity index is 1170. The molecule has 0 unspecified atom stereocenters. The number of sulfonamides is 1. The van der Waals surface area contributed by atoms with Crippen LogP contribution in [0.25, 0.3) is 0 Å². The maximum atomic E-state index is 12.9. The van der Waals surface area contributed by atoms with Crippen molar-refractivity contribution >= 4 is 27.6 Å². The number of nitrogens with zero attached hydrogens (tertiary/aromatic N) is 3. The van der Waals surface area contributed by atoms with Crippen LogP contribution < -0.4 is 9.47 Å². The SMILES string of the molecule is COc1ccc(CN2CCN(S(=O)(=O)c3ccccc3[N+](=O)[O-])CC2)cc1OC.O=C(O)C(=O)O. The molecule has 1 fully saturated rings. The van der Waals surface area contributed by atoms with Crippen LogP contribution in [0.5, 0.6) is 11.5 Å². The van der Waals surface area contributed by atoms with E-state index in [1.807, 2.05) is 18.2 Å². The molecule has 1 saturated heterocycles. The van der Waals surface area contributed by atoms with Crippen LogP contribution in [-0.2, 0) is 26.2 Å². The average molecular weight is 512 g/mol. The van der Waals surface area contributed by atoms with E-state index in [1.54, 1.807) is 14.2 Å². The Kier molecular flexibility index (Phi) is 9.50. The van der Waals surface area contributed by atoms with E-state index in [9.17, 15) is 18.5 Å². The van der Waals surface area contributed by atoms with Gasteiger partial charge in [-0.25, -0.2) is 18.0 Å². The van der Waals surface area contributed by atoms with E-state index in [0.29, 0.717) is 31.1 Å². The van der Waals surface area contributed by atoms with Gasteiger partial charge in [-0.2, -0.15) is 4.31 Å². The lowest BCUT2D eigenvalue weighted by atomic mass is 10.1. The lowest BCUT2D eigenvalue weighted by molar-refractivity contribution is -0.387. The van der Waals surface area contributed by atoms with E-state index in [2.05, 4.69) is 4.90 Å². The molecule has 2 N–H and O–H groups in total. The van der Waals surface area contributed by atoms with Crippen LogP contribution in [0.15, 0.2) is 47.4 Å². The highest BCUT2D eigenvalue weighted by molar-refractivity contribution is 7.89. The van der Waals surface area contributed by atoms with Crippen LogP contribution in [0.2, 0.25) is 0 Å². The quantitative estimate of drug-likeness (QED) is 0.311. The van der Waals surface area contributed by atoms with Gasteiger partial charge in [-0.15, -0.1) is 0 Å². The second-order valence-electron chi connectivity index (χ2n) is 7.20. The molecule has 0 aliphatic carbocycles. The largest absolute Gasteiger partial charge is 0.493 e. The third-order valence-electron chi connectivity index (χ3n) is 5.05. The Balaban J connectivity index is 0.000000641. The molecule has 14 heteroatoms. The number of nitro groups is 1. The predicted octanol–water partition coefficient (Wildman–Crippen LogP) is 1.27. The number of benzene rings is 2. The van der Waals surface area contributed by atoms with Crippen molar-refractivity contribution in [1.82, 2.24) is 9.21 Å². The molecule has 2 aromatic carbocycles. The lowest BCUT2D eigenvalue weighted by Gasteiger charge is -2.34. The van der Waals surface area contributed by atoms with Gasteiger partial charge in [0.15, 0.2) is 16.4 Å². The van der Waals surface area contributed by atoms with Gasteiger partial charge in [0, 0.05) is 38.8 Å². The van der Waals surface area contributed by atoms with Gasteiger partial charge in [-0.05, 0) is 23.8 Å². The summed E-state index contributed by atoms with van der Waals surface area (Å²) < 4.78 is 37.7. The molecule has 35 heavy (non-hydrogen) atoms. The minimum atomic E-state index is -3.93. The van der Waals surface area contributed by atoms with Crippen molar-refractivity contribution in [3.05, 3.63) is 58.1 Å². The third-order valence-corrected chi connectivity index (χ3v) is 6.99. The molecule has 2 aromatic rings. The maximum Gasteiger partial charge on any atom is 0.414 e.